The second-order valence-corrected chi connectivity index (χ2v) is 16.2. The Bertz CT molecular complexity index is 1210. The average Bonchev–Trinajstić information content (AvgIpc) is 3.06. The maximum atomic E-state index is 14.1. The lowest BCUT2D eigenvalue weighted by molar-refractivity contribution is -0.319. The Morgan fingerprint density at radius 2 is 1.55 bits per heavy atom. The number of rotatable bonds is 8. The molecule has 0 aromatic rings. The van der Waals surface area contributed by atoms with Crippen LogP contribution in [0.25, 0.3) is 0 Å². The highest BCUT2D eigenvalue weighted by Gasteiger charge is 2.52. The van der Waals surface area contributed by atoms with Gasteiger partial charge >= 0.3 is 5.97 Å². The Labute approximate surface area is 305 Å². The van der Waals surface area contributed by atoms with Crippen LogP contribution in [0.5, 0.6) is 0 Å². The molecule has 13 nitrogen and oxygen atoms in total. The fourth-order valence-electron chi connectivity index (χ4n) is 8.27. The summed E-state index contributed by atoms with van der Waals surface area (Å²) in [6.45, 7) is 17.6. The van der Waals surface area contributed by atoms with Crippen molar-refractivity contribution < 1.29 is 58.1 Å². The Kier molecular flexibility index (Phi) is 14.9. The first-order valence-electron chi connectivity index (χ1n) is 18.5. The third-order valence-corrected chi connectivity index (χ3v) is 11.6. The molecule has 0 aliphatic carbocycles. The number of cyclic esters (lactones) is 1. The first-order chi connectivity index (χ1) is 23.5. The summed E-state index contributed by atoms with van der Waals surface area (Å²) in [5.41, 5.74) is -3.50. The molecular formula is C38H67NO12. The summed E-state index contributed by atoms with van der Waals surface area (Å²) in [4.78, 5) is 29.9. The van der Waals surface area contributed by atoms with Gasteiger partial charge < -0.3 is 53.4 Å². The normalized spacial score (nSPS) is 46.7. The van der Waals surface area contributed by atoms with Crippen LogP contribution in [0.2, 0.25) is 0 Å². The molecule has 16 atom stereocenters. The van der Waals surface area contributed by atoms with Gasteiger partial charge in [-0.25, -0.2) is 0 Å². The lowest BCUT2D eigenvalue weighted by Gasteiger charge is -2.49. The van der Waals surface area contributed by atoms with Crippen LogP contribution in [0.15, 0.2) is 11.6 Å². The zero-order chi connectivity index (χ0) is 38.8. The molecule has 3 rings (SSSR count). The molecule has 3 N–H and O–H groups in total. The van der Waals surface area contributed by atoms with E-state index in [0.29, 0.717) is 12.0 Å². The molecule has 0 radical (unpaired) electrons. The number of Topliss-reactive ketones (excluding diaryl/α,β-unsaturated/α-hetero) is 1. The van der Waals surface area contributed by atoms with E-state index in [2.05, 4.69) is 0 Å². The van der Waals surface area contributed by atoms with Crippen molar-refractivity contribution in [3.63, 3.8) is 0 Å². The van der Waals surface area contributed by atoms with E-state index < -0.39 is 89.7 Å². The van der Waals surface area contributed by atoms with Crippen LogP contribution in [-0.4, -0.2) is 138 Å². The van der Waals surface area contributed by atoms with Crippen LogP contribution in [0, 0.1) is 17.8 Å². The number of hydrogen-bond acceptors (Lipinski definition) is 13. The number of likely N-dealkylation sites (N-methyl/N-ethyl adjacent to an activating group) is 1. The molecule has 0 aromatic carbocycles. The fourth-order valence-corrected chi connectivity index (χ4v) is 8.27. The van der Waals surface area contributed by atoms with Crippen molar-refractivity contribution in [1.29, 1.82) is 0 Å². The van der Waals surface area contributed by atoms with Crippen molar-refractivity contribution in [2.45, 2.75) is 173 Å². The van der Waals surface area contributed by atoms with Crippen LogP contribution in [0.4, 0.5) is 0 Å². The van der Waals surface area contributed by atoms with Crippen molar-refractivity contribution in [2.24, 2.45) is 17.8 Å². The standard InChI is InChI=1S/C38H67NO12/c1-15-27-36(8,44)17-20(2)29(40)21(3)18-38(10,46-14)33(51-35-30(41)26(39(11)12)16-22(4)47-35)23(5)31(24(6)34(43)49-27)50-28-19-37(9,45-13)32(42)25(7)48-28/h17,21-28,30-33,35,41-42,44H,15-16,18-19H2,1-14H3/t21-,22-,23+,24-,25+,26+,27-,28+,30-,31+,32+,33-,35+,36+,37-,38-/m1/s1. The number of allylic oxidation sites excluding steroid dienone is 1. The summed E-state index contributed by atoms with van der Waals surface area (Å²) in [7, 11) is 6.84. The molecule has 2 saturated heterocycles. The topological polar surface area (TPSA) is 163 Å². The average molecular weight is 730 g/mol. The van der Waals surface area contributed by atoms with E-state index in [1.54, 1.807) is 41.5 Å². The molecule has 0 saturated carbocycles. The molecule has 13 heteroatoms. The Hall–Kier alpha value is -1.52. The predicted molar refractivity (Wildman–Crippen MR) is 190 cm³/mol. The summed E-state index contributed by atoms with van der Waals surface area (Å²) in [5, 5.41) is 34.0. The molecule has 0 amide bonds. The van der Waals surface area contributed by atoms with Gasteiger partial charge in [0.2, 0.25) is 0 Å². The second kappa shape index (κ2) is 17.3. The molecule has 296 valence electrons. The van der Waals surface area contributed by atoms with E-state index in [9.17, 15) is 24.9 Å². The number of ether oxygens (including phenoxy) is 7. The van der Waals surface area contributed by atoms with Crippen LogP contribution in [0.1, 0.15) is 94.9 Å². The number of hydrogen-bond donors (Lipinski definition) is 3. The highest BCUT2D eigenvalue weighted by molar-refractivity contribution is 5.96. The van der Waals surface area contributed by atoms with Gasteiger partial charge in [-0.3, -0.25) is 9.59 Å². The van der Waals surface area contributed by atoms with E-state index in [0.717, 1.165) is 0 Å². The smallest absolute Gasteiger partial charge is 0.311 e. The summed E-state index contributed by atoms with van der Waals surface area (Å²) in [6.07, 6.45) is -4.99. The molecule has 0 bridgehead atoms. The van der Waals surface area contributed by atoms with Crippen molar-refractivity contribution >= 4 is 11.8 Å². The van der Waals surface area contributed by atoms with Gasteiger partial charge in [0.25, 0.3) is 0 Å². The van der Waals surface area contributed by atoms with Crippen molar-refractivity contribution in [2.75, 3.05) is 28.3 Å². The van der Waals surface area contributed by atoms with E-state index in [1.165, 1.54) is 27.2 Å². The highest BCUT2D eigenvalue weighted by atomic mass is 16.7. The minimum Gasteiger partial charge on any atom is -0.459 e. The van der Waals surface area contributed by atoms with Crippen molar-refractivity contribution in [3.05, 3.63) is 11.6 Å². The largest absolute Gasteiger partial charge is 0.459 e. The zero-order valence-electron chi connectivity index (χ0n) is 33.4. The molecule has 3 heterocycles. The minimum absolute atomic E-state index is 0.154. The number of carbonyl (C=O) groups excluding carboxylic acids is 2. The maximum absolute atomic E-state index is 14.1. The number of esters is 1. The molecular weight excluding hydrogens is 662 g/mol. The quantitative estimate of drug-likeness (QED) is 0.312. The first kappa shape index (κ1) is 43.9. The predicted octanol–water partition coefficient (Wildman–Crippen LogP) is 3.39. The van der Waals surface area contributed by atoms with Gasteiger partial charge in [0.15, 0.2) is 18.4 Å². The summed E-state index contributed by atoms with van der Waals surface area (Å²) in [5.74, 6) is -3.03. The molecule has 0 unspecified atom stereocenters. The number of ketones is 1. The zero-order valence-corrected chi connectivity index (χ0v) is 33.4. The van der Waals surface area contributed by atoms with Gasteiger partial charge in [-0.05, 0) is 93.5 Å². The molecule has 2 fully saturated rings. The molecule has 3 aliphatic rings. The Balaban J connectivity index is 2.22. The number of aliphatic hydroxyl groups excluding tert-OH is 2. The van der Waals surface area contributed by atoms with Crippen LogP contribution < -0.4 is 0 Å². The lowest BCUT2D eigenvalue weighted by atomic mass is 9.76. The maximum Gasteiger partial charge on any atom is 0.311 e. The van der Waals surface area contributed by atoms with Gasteiger partial charge in [0.1, 0.15) is 23.9 Å². The van der Waals surface area contributed by atoms with E-state index in [1.807, 2.05) is 39.8 Å². The second-order valence-electron chi connectivity index (χ2n) is 16.2. The van der Waals surface area contributed by atoms with Gasteiger partial charge in [0.05, 0.1) is 41.5 Å². The molecule has 3 aliphatic heterocycles. The Morgan fingerprint density at radius 3 is 2.10 bits per heavy atom. The van der Waals surface area contributed by atoms with Gasteiger partial charge in [-0.2, -0.15) is 0 Å². The van der Waals surface area contributed by atoms with Crippen molar-refractivity contribution in [1.82, 2.24) is 4.90 Å². The van der Waals surface area contributed by atoms with Gasteiger partial charge in [-0.1, -0.05) is 20.8 Å². The van der Waals surface area contributed by atoms with Gasteiger partial charge in [-0.15, -0.1) is 0 Å². The van der Waals surface area contributed by atoms with E-state index in [-0.39, 0.29) is 37.2 Å². The third-order valence-electron chi connectivity index (χ3n) is 11.6. The minimum atomic E-state index is -1.64. The summed E-state index contributed by atoms with van der Waals surface area (Å²) < 4.78 is 44.0. The highest BCUT2D eigenvalue weighted by Crippen LogP contribution is 2.41. The molecule has 0 aromatic heterocycles. The lowest BCUT2D eigenvalue weighted by Crippen LogP contribution is -2.61. The number of aliphatic hydroxyl groups is 3. The number of nitrogens with zero attached hydrogens (tertiary/aromatic N) is 1. The number of carbonyl (C=O) groups is 2. The van der Waals surface area contributed by atoms with Gasteiger partial charge in [0, 0.05) is 38.5 Å². The first-order valence-corrected chi connectivity index (χ1v) is 18.5. The summed E-state index contributed by atoms with van der Waals surface area (Å²) >= 11 is 0. The Morgan fingerprint density at radius 1 is 0.941 bits per heavy atom. The van der Waals surface area contributed by atoms with E-state index in [4.69, 9.17) is 33.2 Å². The SMILES string of the molecule is CC[C@H]1OC(=O)[C@H](C)[C@@H](O[C@H]2C[C@@](C)(OC)[C@@H](O)[C@H](C)O2)[C@H](C)[C@@H](O[C@@H]2O[C@H](C)C[C@H](N(C)C)[C@H]2O)[C@](C)(OC)C[C@@H](C)C(=O)C(C)=C[C@]1(C)O. The van der Waals surface area contributed by atoms with E-state index >= 15 is 0 Å². The molecule has 51 heavy (non-hydrogen) atoms. The third kappa shape index (κ3) is 9.78. The monoisotopic (exact) mass is 729 g/mol. The van der Waals surface area contributed by atoms with Crippen molar-refractivity contribution in [3.8, 4) is 0 Å². The van der Waals surface area contributed by atoms with Crippen LogP contribution >= 0.6 is 0 Å². The fraction of sp³-hybridized carbons (Fsp3) is 0.895. The summed E-state index contributed by atoms with van der Waals surface area (Å²) in [6, 6.07) is -0.260. The van der Waals surface area contributed by atoms with Crippen LogP contribution in [0.3, 0.4) is 0 Å². The number of methoxy groups -OCH3 is 2. The molecule has 0 spiro atoms. The van der Waals surface area contributed by atoms with Crippen LogP contribution in [-0.2, 0) is 42.7 Å².